The quantitative estimate of drug-likeness (QED) is 0.379. The van der Waals surface area contributed by atoms with Crippen LogP contribution in [0, 0.1) is 0 Å². The average Bonchev–Trinajstić information content (AvgIpc) is 0.811. The molecule has 0 saturated heterocycles. The minimum absolute atomic E-state index is 3.37. The molecule has 3 radical (unpaired) electrons. The molecule has 0 aromatic carbocycles. The van der Waals surface area contributed by atoms with E-state index in [1.165, 1.54) is 0 Å². The minimum Gasteiger partial charge on any atom is -0.141 e. The van der Waals surface area contributed by atoms with Crippen molar-refractivity contribution in [3.63, 3.8) is 0 Å². The van der Waals surface area contributed by atoms with Gasteiger partial charge in [-0.05, 0) is 0 Å². The van der Waals surface area contributed by atoms with Gasteiger partial charge in [0.05, 0.1) is 0 Å². The highest BCUT2D eigenvalue weighted by atomic mass is 31.2. The van der Waals surface area contributed by atoms with Crippen molar-refractivity contribution in [1.29, 1.82) is 0 Å². The van der Waals surface area contributed by atoms with Gasteiger partial charge < -0.3 is 0 Å². The summed E-state index contributed by atoms with van der Waals surface area (Å²) in [6.45, 7) is 0. The highest BCUT2D eigenvalue weighted by molar-refractivity contribution is 7.37. The highest BCUT2D eigenvalue weighted by Crippen LogP contribution is 2.17. The third-order valence-corrected chi connectivity index (χ3v) is 0. The molecule has 0 aliphatic heterocycles. The summed E-state index contributed by atoms with van der Waals surface area (Å²) in [5.74, 6) is 0. The second-order valence-corrected chi connectivity index (χ2v) is 0.671. The van der Waals surface area contributed by atoms with Crippen LogP contribution >= 0.6 is 8.60 Å². The summed E-state index contributed by atoms with van der Waals surface area (Å²) in [5, 5.41) is 0. The molecule has 23 valence electrons. The summed E-state index contributed by atoms with van der Waals surface area (Å²) < 4.78 is 0. The first kappa shape index (κ1) is 4.31. The van der Waals surface area contributed by atoms with E-state index in [9.17, 15) is 0 Å². The predicted octanol–water partition coefficient (Wildman–Crippen LogP) is 0.505. The number of rotatable bonds is 0. The molecule has 0 unspecified atom stereocenters. The summed E-state index contributed by atoms with van der Waals surface area (Å²) in [4.78, 5) is 25.4. The van der Waals surface area contributed by atoms with Crippen LogP contribution in [0.2, 0.25) is 0 Å². The van der Waals surface area contributed by atoms with Crippen molar-refractivity contribution in [3.05, 3.63) is 0 Å². The number of hydrogen-bond acceptors (Lipinski definition) is 0. The van der Waals surface area contributed by atoms with Crippen LogP contribution in [0.3, 0.4) is 0 Å². The molecule has 0 aliphatic carbocycles. The van der Waals surface area contributed by atoms with E-state index in [0.29, 0.717) is 0 Å². The zero-order valence-electron chi connectivity index (χ0n) is 1.67. The van der Waals surface area contributed by atoms with E-state index >= 15 is 0 Å². The van der Waals surface area contributed by atoms with Crippen LogP contribution < -0.4 is 0 Å². The fourth-order valence-electron chi connectivity index (χ4n) is 0. The second-order valence-electron chi connectivity index (χ2n) is 0.224. The van der Waals surface area contributed by atoms with Gasteiger partial charge in [0.2, 0.25) is 0 Å². The summed E-state index contributed by atoms with van der Waals surface area (Å²) in [5.41, 5.74) is 0. The van der Waals surface area contributed by atoms with Crippen molar-refractivity contribution in [2.24, 2.45) is 0 Å². The molecule has 0 spiro atoms. The topological polar surface area (TPSA) is 59.7 Å². The first-order valence-corrected chi connectivity index (χ1v) is 1.64. The molecule has 4 heteroatoms. The number of hydrogen-bond donors (Lipinski definition) is 0. The molecule has 0 aromatic rings. The molecule has 0 heterocycles. The van der Waals surface area contributed by atoms with Gasteiger partial charge in [-0.25, -0.2) is 0 Å². The molecule has 0 amide bonds. The van der Waals surface area contributed by atoms with Gasteiger partial charge in [-0.1, -0.05) is 0 Å². The van der Waals surface area contributed by atoms with Crippen LogP contribution in [0.15, 0.2) is 0 Å². The third-order valence-electron chi connectivity index (χ3n) is 0. The van der Waals surface area contributed by atoms with Crippen LogP contribution in [0.5, 0.6) is 0 Å². The molecule has 0 aromatic heterocycles. The molecule has 4 heavy (non-hydrogen) atoms. The zero-order chi connectivity index (χ0) is 3.58. The average molecular weight is 79.0 g/mol. The lowest BCUT2D eigenvalue weighted by atomic mass is 15.8. The Hall–Kier alpha value is 0.310. The Morgan fingerprint density at radius 1 is 1.00 bits per heavy atom. The molecule has 0 N–H and O–H groups in total. The van der Waals surface area contributed by atoms with Gasteiger partial charge >= 0.3 is 8.60 Å². The van der Waals surface area contributed by atoms with Crippen molar-refractivity contribution in [1.82, 2.24) is 0 Å². The van der Waals surface area contributed by atoms with Gasteiger partial charge in [0.25, 0.3) is 0 Å². The molecule has 3 nitrogen and oxygen atoms in total. The molecule has 0 fully saturated rings. The van der Waals surface area contributed by atoms with Gasteiger partial charge in [0.1, 0.15) is 0 Å². The molecule has 0 saturated carbocycles. The SMILES string of the molecule is [O]P([O])[O]. The second kappa shape index (κ2) is 1.61. The maximum absolute atomic E-state index is 8.48. The lowest BCUT2D eigenvalue weighted by molar-refractivity contribution is 0.239. The Morgan fingerprint density at radius 2 is 1.00 bits per heavy atom. The Kier molecular flexibility index (Phi) is 1.74. The van der Waals surface area contributed by atoms with E-state index in [1.807, 2.05) is 0 Å². The Labute approximate surface area is 24.5 Å². The smallest absolute Gasteiger partial charge is 0.141 e. The largest absolute Gasteiger partial charge is 0.422 e. The maximum Gasteiger partial charge on any atom is 0.422 e. The van der Waals surface area contributed by atoms with Crippen LogP contribution in [0.25, 0.3) is 0 Å². The van der Waals surface area contributed by atoms with E-state index in [1.54, 1.807) is 0 Å². The van der Waals surface area contributed by atoms with Crippen LogP contribution in [0.1, 0.15) is 0 Å². The van der Waals surface area contributed by atoms with Gasteiger partial charge in [-0.2, -0.15) is 0 Å². The lowest BCUT2D eigenvalue weighted by Gasteiger charge is -1.61. The van der Waals surface area contributed by atoms with Crippen LogP contribution in [-0.4, -0.2) is 0 Å². The standard InChI is InChI=1S/O3P/c1-4(2)3. The van der Waals surface area contributed by atoms with E-state index in [4.69, 9.17) is 14.7 Å². The lowest BCUT2D eigenvalue weighted by Crippen LogP contribution is -1.43. The summed E-state index contributed by atoms with van der Waals surface area (Å²) in [7, 11) is -3.37. The van der Waals surface area contributed by atoms with Gasteiger partial charge in [0.15, 0.2) is 0 Å². The molecule has 0 aliphatic rings. The molecule has 0 atom stereocenters. The minimum atomic E-state index is -3.37. The zero-order valence-corrected chi connectivity index (χ0v) is 2.57. The van der Waals surface area contributed by atoms with E-state index < -0.39 is 8.60 Å². The predicted molar refractivity (Wildman–Crippen MR) is 8.98 cm³/mol. The van der Waals surface area contributed by atoms with E-state index in [2.05, 4.69) is 0 Å². The summed E-state index contributed by atoms with van der Waals surface area (Å²) in [6, 6.07) is 0. The normalized spacial score (nSPS) is 9.00. The van der Waals surface area contributed by atoms with Gasteiger partial charge in [-0.15, -0.1) is 14.7 Å². The van der Waals surface area contributed by atoms with E-state index in [-0.39, 0.29) is 0 Å². The van der Waals surface area contributed by atoms with Gasteiger partial charge in [-0.3, -0.25) is 0 Å². The van der Waals surface area contributed by atoms with Crippen molar-refractivity contribution < 1.29 is 14.7 Å². The van der Waals surface area contributed by atoms with Crippen LogP contribution in [-0.2, 0) is 14.7 Å². The van der Waals surface area contributed by atoms with Crippen molar-refractivity contribution in [3.8, 4) is 0 Å². The fourth-order valence-corrected chi connectivity index (χ4v) is 0. The van der Waals surface area contributed by atoms with Gasteiger partial charge in [0, 0.05) is 0 Å². The first-order valence-electron chi connectivity index (χ1n) is 0.548. The van der Waals surface area contributed by atoms with E-state index in [0.717, 1.165) is 0 Å². The summed E-state index contributed by atoms with van der Waals surface area (Å²) in [6.07, 6.45) is 0. The first-order chi connectivity index (χ1) is 1.73. The Bertz CT molecular complexity index is 8.00. The fraction of sp³-hybridized carbons (Fsp3) is 0. The third kappa shape index (κ3) is 41.3. The molecule has 0 bridgehead atoms. The highest BCUT2D eigenvalue weighted by Gasteiger charge is 1.90. The maximum atomic E-state index is 8.48. The van der Waals surface area contributed by atoms with Crippen molar-refractivity contribution in [2.75, 3.05) is 0 Å². The van der Waals surface area contributed by atoms with Crippen LogP contribution in [0.4, 0.5) is 0 Å². The molecular formula is O3P. The van der Waals surface area contributed by atoms with Crippen molar-refractivity contribution in [2.45, 2.75) is 0 Å². The molecular weight excluding hydrogens is 79.0 g/mol. The van der Waals surface area contributed by atoms with Crippen molar-refractivity contribution >= 4 is 8.60 Å². The monoisotopic (exact) mass is 79.0 g/mol. The molecule has 0 rings (SSSR count). The Morgan fingerprint density at radius 3 is 1.00 bits per heavy atom. The Balaban J connectivity index is 2.32. The summed E-state index contributed by atoms with van der Waals surface area (Å²) >= 11 is 0.